The Balaban J connectivity index is 1.81. The lowest BCUT2D eigenvalue weighted by Crippen LogP contribution is -2.27. The molecule has 0 unspecified atom stereocenters. The molecule has 0 aromatic heterocycles. The van der Waals surface area contributed by atoms with Gasteiger partial charge in [-0.1, -0.05) is 23.8 Å². The van der Waals surface area contributed by atoms with Crippen LogP contribution >= 0.6 is 0 Å². The summed E-state index contributed by atoms with van der Waals surface area (Å²) in [5.41, 5.74) is 1.83. The van der Waals surface area contributed by atoms with E-state index in [4.69, 9.17) is 9.47 Å². The molecule has 0 radical (unpaired) electrons. The standard InChI is InChI=1S/C19H22FNO3/c1-13-4-7-16(8-5-13)24-11-10-19(22)21-14(2)15-6-9-18(23-3)17(20)12-15/h4-9,12,14H,10-11H2,1-3H3,(H,21,22)/t14-/m0/s1. The van der Waals surface area contributed by atoms with Crippen molar-refractivity contribution >= 4 is 5.91 Å². The fraction of sp³-hybridized carbons (Fsp3) is 0.316. The van der Waals surface area contributed by atoms with Crippen molar-refractivity contribution in [2.75, 3.05) is 13.7 Å². The largest absolute Gasteiger partial charge is 0.494 e. The minimum Gasteiger partial charge on any atom is -0.494 e. The highest BCUT2D eigenvalue weighted by Crippen LogP contribution is 2.21. The minimum absolute atomic E-state index is 0.147. The second-order valence-electron chi connectivity index (χ2n) is 5.59. The van der Waals surface area contributed by atoms with Crippen LogP contribution in [-0.2, 0) is 4.79 Å². The van der Waals surface area contributed by atoms with E-state index in [2.05, 4.69) is 5.32 Å². The van der Waals surface area contributed by atoms with E-state index in [1.165, 1.54) is 13.2 Å². The van der Waals surface area contributed by atoms with Crippen LogP contribution in [0.4, 0.5) is 4.39 Å². The maximum Gasteiger partial charge on any atom is 0.223 e. The molecule has 0 spiro atoms. The Morgan fingerprint density at radius 3 is 2.54 bits per heavy atom. The van der Waals surface area contributed by atoms with Crippen LogP contribution in [0.1, 0.15) is 30.5 Å². The Morgan fingerprint density at radius 2 is 1.92 bits per heavy atom. The first-order chi connectivity index (χ1) is 11.5. The number of carbonyl (C=O) groups excluding carboxylic acids is 1. The van der Waals surface area contributed by atoms with E-state index in [-0.39, 0.29) is 24.1 Å². The molecule has 2 rings (SSSR count). The van der Waals surface area contributed by atoms with Crippen LogP contribution in [0.15, 0.2) is 42.5 Å². The predicted molar refractivity (Wildman–Crippen MR) is 90.8 cm³/mol. The fourth-order valence-electron chi connectivity index (χ4n) is 2.25. The van der Waals surface area contributed by atoms with Gasteiger partial charge in [0.2, 0.25) is 5.91 Å². The molecule has 0 aliphatic rings. The molecule has 2 aromatic carbocycles. The van der Waals surface area contributed by atoms with Gasteiger partial charge in [-0.3, -0.25) is 4.79 Å². The summed E-state index contributed by atoms with van der Waals surface area (Å²) < 4.78 is 24.1. The molecule has 24 heavy (non-hydrogen) atoms. The van der Waals surface area contributed by atoms with Crippen LogP contribution in [0.3, 0.4) is 0 Å². The van der Waals surface area contributed by atoms with Crippen molar-refractivity contribution in [3.63, 3.8) is 0 Å². The molecule has 0 heterocycles. The van der Waals surface area contributed by atoms with Crippen LogP contribution in [0.5, 0.6) is 11.5 Å². The quantitative estimate of drug-likeness (QED) is 0.840. The minimum atomic E-state index is -0.446. The highest BCUT2D eigenvalue weighted by molar-refractivity contribution is 5.76. The van der Waals surface area contributed by atoms with Crippen molar-refractivity contribution in [3.8, 4) is 11.5 Å². The number of halogens is 1. The maximum atomic E-state index is 13.7. The molecule has 1 amide bonds. The number of rotatable bonds is 7. The molecule has 0 bridgehead atoms. The summed E-state index contributed by atoms with van der Waals surface area (Å²) in [7, 11) is 1.41. The van der Waals surface area contributed by atoms with Crippen molar-refractivity contribution in [1.29, 1.82) is 0 Å². The average molecular weight is 331 g/mol. The summed E-state index contributed by atoms with van der Waals surface area (Å²) in [6, 6.07) is 12.0. The normalized spacial score (nSPS) is 11.7. The van der Waals surface area contributed by atoms with Gasteiger partial charge in [-0.15, -0.1) is 0 Å². The molecule has 5 heteroatoms. The van der Waals surface area contributed by atoms with E-state index in [0.717, 1.165) is 11.3 Å². The molecule has 4 nitrogen and oxygen atoms in total. The van der Waals surface area contributed by atoms with Gasteiger partial charge in [-0.25, -0.2) is 4.39 Å². The Hall–Kier alpha value is -2.56. The van der Waals surface area contributed by atoms with Gasteiger partial charge in [0.25, 0.3) is 0 Å². The second-order valence-corrected chi connectivity index (χ2v) is 5.59. The predicted octanol–water partition coefficient (Wildman–Crippen LogP) is 3.79. The Kier molecular flexibility index (Phi) is 6.18. The molecule has 0 saturated carbocycles. The molecule has 1 N–H and O–H groups in total. The van der Waals surface area contributed by atoms with Crippen LogP contribution in [0.25, 0.3) is 0 Å². The summed E-state index contributed by atoms with van der Waals surface area (Å²) in [5.74, 6) is 0.326. The number of nitrogens with one attached hydrogen (secondary N) is 1. The topological polar surface area (TPSA) is 47.6 Å². The van der Waals surface area contributed by atoms with Gasteiger partial charge in [0.15, 0.2) is 11.6 Å². The zero-order chi connectivity index (χ0) is 17.5. The van der Waals surface area contributed by atoms with Crippen molar-refractivity contribution in [3.05, 3.63) is 59.4 Å². The first-order valence-corrected chi connectivity index (χ1v) is 7.82. The van der Waals surface area contributed by atoms with Gasteiger partial charge >= 0.3 is 0 Å². The second kappa shape index (κ2) is 8.34. The summed E-state index contributed by atoms with van der Waals surface area (Å²) in [4.78, 5) is 12.0. The highest BCUT2D eigenvalue weighted by Gasteiger charge is 2.12. The van der Waals surface area contributed by atoms with Crippen molar-refractivity contribution < 1.29 is 18.7 Å². The zero-order valence-electron chi connectivity index (χ0n) is 14.1. The van der Waals surface area contributed by atoms with E-state index < -0.39 is 5.82 Å². The van der Waals surface area contributed by atoms with E-state index in [1.807, 2.05) is 31.2 Å². The van der Waals surface area contributed by atoms with Crippen molar-refractivity contribution in [2.45, 2.75) is 26.3 Å². The van der Waals surface area contributed by atoms with Gasteiger partial charge in [-0.05, 0) is 43.7 Å². The Morgan fingerprint density at radius 1 is 1.21 bits per heavy atom. The SMILES string of the molecule is COc1ccc([C@H](C)NC(=O)CCOc2ccc(C)cc2)cc1F. The summed E-state index contributed by atoms with van der Waals surface area (Å²) >= 11 is 0. The third-order valence-electron chi connectivity index (χ3n) is 3.67. The number of hydrogen-bond donors (Lipinski definition) is 1. The zero-order valence-corrected chi connectivity index (χ0v) is 14.1. The third kappa shape index (κ3) is 4.98. The lowest BCUT2D eigenvalue weighted by Gasteiger charge is -2.15. The van der Waals surface area contributed by atoms with Crippen LogP contribution in [0.2, 0.25) is 0 Å². The summed E-state index contributed by atoms with van der Waals surface area (Å²) in [6.07, 6.45) is 0.233. The third-order valence-corrected chi connectivity index (χ3v) is 3.67. The first-order valence-electron chi connectivity index (χ1n) is 7.82. The number of ether oxygens (including phenoxy) is 2. The van der Waals surface area contributed by atoms with E-state index >= 15 is 0 Å². The van der Waals surface area contributed by atoms with Crippen LogP contribution in [-0.4, -0.2) is 19.6 Å². The van der Waals surface area contributed by atoms with Gasteiger partial charge in [0.1, 0.15) is 5.75 Å². The lowest BCUT2D eigenvalue weighted by molar-refractivity contribution is -0.122. The summed E-state index contributed by atoms with van der Waals surface area (Å²) in [6.45, 7) is 4.10. The number of aryl methyl sites for hydroxylation is 1. The van der Waals surface area contributed by atoms with Gasteiger partial charge < -0.3 is 14.8 Å². The highest BCUT2D eigenvalue weighted by atomic mass is 19.1. The molecule has 0 fully saturated rings. The van der Waals surface area contributed by atoms with Crippen LogP contribution < -0.4 is 14.8 Å². The number of hydrogen-bond acceptors (Lipinski definition) is 3. The summed E-state index contributed by atoms with van der Waals surface area (Å²) in [5, 5.41) is 2.83. The van der Waals surface area contributed by atoms with Gasteiger partial charge in [0.05, 0.1) is 26.2 Å². The molecular formula is C19H22FNO3. The lowest BCUT2D eigenvalue weighted by atomic mass is 10.1. The monoisotopic (exact) mass is 331 g/mol. The van der Waals surface area contributed by atoms with Crippen LogP contribution in [0, 0.1) is 12.7 Å². The number of carbonyl (C=O) groups is 1. The molecule has 0 aliphatic heterocycles. The Labute approximate surface area is 141 Å². The molecule has 2 aromatic rings. The smallest absolute Gasteiger partial charge is 0.223 e. The van der Waals surface area contributed by atoms with Gasteiger partial charge in [-0.2, -0.15) is 0 Å². The van der Waals surface area contributed by atoms with Crippen molar-refractivity contribution in [2.24, 2.45) is 0 Å². The maximum absolute atomic E-state index is 13.7. The van der Waals surface area contributed by atoms with E-state index in [0.29, 0.717) is 12.2 Å². The van der Waals surface area contributed by atoms with E-state index in [1.54, 1.807) is 19.1 Å². The number of benzene rings is 2. The van der Waals surface area contributed by atoms with Gasteiger partial charge in [0, 0.05) is 0 Å². The number of methoxy groups -OCH3 is 1. The molecule has 0 saturated heterocycles. The molecule has 1 atom stereocenters. The molecular weight excluding hydrogens is 309 g/mol. The van der Waals surface area contributed by atoms with Crippen molar-refractivity contribution in [1.82, 2.24) is 5.32 Å². The first kappa shape index (κ1) is 17.8. The van der Waals surface area contributed by atoms with E-state index in [9.17, 15) is 9.18 Å². The molecule has 0 aliphatic carbocycles. The Bertz CT molecular complexity index is 686. The average Bonchev–Trinajstić information content (AvgIpc) is 2.56. The number of amides is 1. The fourth-order valence-corrected chi connectivity index (χ4v) is 2.25. The molecule has 128 valence electrons.